The molecule has 1 nitrogen and oxygen atoms in total. The molecular formula is C16H15Br2ClFN. The molecule has 0 aliphatic carbocycles. The van der Waals surface area contributed by atoms with Gasteiger partial charge >= 0.3 is 0 Å². The van der Waals surface area contributed by atoms with Crippen molar-refractivity contribution in [3.63, 3.8) is 0 Å². The van der Waals surface area contributed by atoms with E-state index in [1.54, 1.807) is 6.07 Å². The molecule has 1 N–H and O–H groups in total. The standard InChI is InChI=1S/C16H15Br2ClFN/c1-2-21-16(13-8-11(17)5-6-15(13)20)7-10-3-4-12(18)9-14(10)19/h3-6,8-9,16,21H,2,7H2,1H3. The lowest BCUT2D eigenvalue weighted by molar-refractivity contribution is 0.509. The van der Waals surface area contributed by atoms with Crippen LogP contribution < -0.4 is 5.32 Å². The van der Waals surface area contributed by atoms with Crippen LogP contribution in [0.5, 0.6) is 0 Å². The quantitative estimate of drug-likeness (QED) is 0.617. The first kappa shape index (κ1) is 16.9. The second kappa shape index (κ2) is 7.73. The van der Waals surface area contributed by atoms with Crippen LogP contribution in [0.2, 0.25) is 5.02 Å². The first-order valence-corrected chi connectivity index (χ1v) is 8.60. The number of halogens is 4. The van der Waals surface area contributed by atoms with Gasteiger partial charge in [0.05, 0.1) is 0 Å². The molecule has 2 rings (SSSR count). The highest BCUT2D eigenvalue weighted by Gasteiger charge is 2.17. The molecule has 1 atom stereocenters. The third kappa shape index (κ3) is 4.52. The van der Waals surface area contributed by atoms with Gasteiger partial charge < -0.3 is 5.32 Å². The van der Waals surface area contributed by atoms with Crippen molar-refractivity contribution in [2.24, 2.45) is 0 Å². The molecule has 0 aromatic heterocycles. The number of hydrogen-bond donors (Lipinski definition) is 1. The van der Waals surface area contributed by atoms with Crippen molar-refractivity contribution in [2.45, 2.75) is 19.4 Å². The van der Waals surface area contributed by atoms with E-state index in [0.29, 0.717) is 17.0 Å². The van der Waals surface area contributed by atoms with Gasteiger partial charge in [0.2, 0.25) is 0 Å². The number of rotatable bonds is 5. The van der Waals surface area contributed by atoms with Gasteiger partial charge in [0, 0.05) is 25.6 Å². The summed E-state index contributed by atoms with van der Waals surface area (Å²) in [5, 5.41) is 4.01. The third-order valence-corrected chi connectivity index (χ3v) is 4.56. The largest absolute Gasteiger partial charge is 0.310 e. The molecule has 112 valence electrons. The molecular weight excluding hydrogens is 420 g/mol. The minimum absolute atomic E-state index is 0.119. The Hall–Kier alpha value is -0.420. The van der Waals surface area contributed by atoms with Crippen LogP contribution in [0.15, 0.2) is 45.3 Å². The fourth-order valence-electron chi connectivity index (χ4n) is 2.23. The van der Waals surface area contributed by atoms with E-state index < -0.39 is 0 Å². The van der Waals surface area contributed by atoms with Gasteiger partial charge in [-0.2, -0.15) is 0 Å². The van der Waals surface area contributed by atoms with Gasteiger partial charge in [-0.3, -0.25) is 0 Å². The smallest absolute Gasteiger partial charge is 0.128 e. The van der Waals surface area contributed by atoms with Gasteiger partial charge in [-0.25, -0.2) is 4.39 Å². The van der Waals surface area contributed by atoms with Crippen molar-refractivity contribution in [3.05, 3.63) is 67.3 Å². The first-order valence-electron chi connectivity index (χ1n) is 6.63. The summed E-state index contributed by atoms with van der Waals surface area (Å²) in [6.45, 7) is 2.76. The van der Waals surface area contributed by atoms with Crippen molar-refractivity contribution < 1.29 is 4.39 Å². The molecule has 2 aromatic rings. The monoisotopic (exact) mass is 433 g/mol. The Morgan fingerprint density at radius 2 is 1.81 bits per heavy atom. The van der Waals surface area contributed by atoms with E-state index >= 15 is 0 Å². The molecule has 0 heterocycles. The van der Waals surface area contributed by atoms with Crippen LogP contribution in [0.3, 0.4) is 0 Å². The Balaban J connectivity index is 2.32. The van der Waals surface area contributed by atoms with Gasteiger partial charge in [-0.1, -0.05) is 56.5 Å². The Labute approximate surface area is 146 Å². The van der Waals surface area contributed by atoms with Gasteiger partial charge in [0.1, 0.15) is 5.82 Å². The summed E-state index contributed by atoms with van der Waals surface area (Å²) in [6.07, 6.45) is 0.632. The summed E-state index contributed by atoms with van der Waals surface area (Å²) < 4.78 is 15.9. The maximum Gasteiger partial charge on any atom is 0.128 e. The van der Waals surface area contributed by atoms with Crippen LogP contribution in [0, 0.1) is 5.82 Å². The van der Waals surface area contributed by atoms with Gasteiger partial charge in [-0.05, 0) is 48.9 Å². The summed E-state index contributed by atoms with van der Waals surface area (Å²) >= 11 is 13.1. The number of nitrogens with one attached hydrogen (secondary N) is 1. The Morgan fingerprint density at radius 1 is 1.14 bits per heavy atom. The lowest BCUT2D eigenvalue weighted by Gasteiger charge is -2.20. The zero-order chi connectivity index (χ0) is 15.4. The second-order valence-corrected chi connectivity index (χ2v) is 6.95. The highest BCUT2D eigenvalue weighted by atomic mass is 79.9. The molecule has 5 heteroatoms. The summed E-state index contributed by atoms with van der Waals surface area (Å²) in [7, 11) is 0. The number of likely N-dealkylation sites (N-methyl/N-ethyl adjacent to an activating group) is 1. The van der Waals surface area contributed by atoms with Crippen LogP contribution in [0.1, 0.15) is 24.1 Å². The first-order chi connectivity index (χ1) is 10.0. The van der Waals surface area contributed by atoms with Crippen molar-refractivity contribution in [2.75, 3.05) is 6.54 Å². The Kier molecular flexibility index (Phi) is 6.23. The van der Waals surface area contributed by atoms with E-state index in [2.05, 4.69) is 37.2 Å². The van der Waals surface area contributed by atoms with Gasteiger partial charge in [0.25, 0.3) is 0 Å². The van der Waals surface area contributed by atoms with Crippen LogP contribution in [-0.2, 0) is 6.42 Å². The van der Waals surface area contributed by atoms with E-state index in [9.17, 15) is 4.39 Å². The average molecular weight is 436 g/mol. The summed E-state index contributed by atoms with van der Waals surface area (Å²) in [6, 6.07) is 10.6. The Bertz CT molecular complexity index is 634. The predicted octanol–water partition coefficient (Wildman–Crippen LogP) is 5.90. The van der Waals surface area contributed by atoms with E-state index in [4.69, 9.17) is 11.6 Å². The maximum absolute atomic E-state index is 14.1. The van der Waals surface area contributed by atoms with Crippen LogP contribution >= 0.6 is 43.5 Å². The molecule has 0 radical (unpaired) electrons. The van der Waals surface area contributed by atoms with Crippen LogP contribution in [0.4, 0.5) is 4.39 Å². The second-order valence-electron chi connectivity index (χ2n) is 4.72. The normalized spacial score (nSPS) is 12.4. The zero-order valence-corrected chi connectivity index (χ0v) is 15.4. The van der Waals surface area contributed by atoms with E-state index in [1.165, 1.54) is 6.07 Å². The van der Waals surface area contributed by atoms with Crippen molar-refractivity contribution >= 4 is 43.5 Å². The summed E-state index contributed by atoms with van der Waals surface area (Å²) in [5.74, 6) is -0.211. The van der Waals surface area contributed by atoms with E-state index in [-0.39, 0.29) is 11.9 Å². The highest BCUT2D eigenvalue weighted by Crippen LogP contribution is 2.28. The molecule has 0 bridgehead atoms. The molecule has 0 amide bonds. The zero-order valence-electron chi connectivity index (χ0n) is 11.5. The van der Waals surface area contributed by atoms with Gasteiger partial charge in [-0.15, -0.1) is 0 Å². The van der Waals surface area contributed by atoms with Crippen LogP contribution in [0.25, 0.3) is 0 Å². The molecule has 0 aliphatic rings. The molecule has 1 unspecified atom stereocenters. The lowest BCUT2D eigenvalue weighted by Crippen LogP contribution is -2.24. The molecule has 2 aromatic carbocycles. The van der Waals surface area contributed by atoms with E-state index in [1.807, 2.05) is 31.2 Å². The molecule has 0 aliphatic heterocycles. The fourth-order valence-corrected chi connectivity index (χ4v) is 3.36. The SMILES string of the molecule is CCNC(Cc1ccc(Br)cc1Cl)c1cc(Br)ccc1F. The lowest BCUT2D eigenvalue weighted by atomic mass is 9.98. The van der Waals surface area contributed by atoms with Crippen molar-refractivity contribution in [3.8, 4) is 0 Å². The maximum atomic E-state index is 14.1. The molecule has 0 fully saturated rings. The molecule has 21 heavy (non-hydrogen) atoms. The van der Waals surface area contributed by atoms with E-state index in [0.717, 1.165) is 21.1 Å². The van der Waals surface area contributed by atoms with Gasteiger partial charge in [0.15, 0.2) is 0 Å². The third-order valence-electron chi connectivity index (χ3n) is 3.22. The molecule has 0 saturated heterocycles. The molecule has 0 spiro atoms. The minimum atomic E-state index is -0.211. The van der Waals surface area contributed by atoms with Crippen LogP contribution in [-0.4, -0.2) is 6.54 Å². The van der Waals surface area contributed by atoms with Crippen molar-refractivity contribution in [1.29, 1.82) is 0 Å². The summed E-state index contributed by atoms with van der Waals surface area (Å²) in [5.41, 5.74) is 1.63. The summed E-state index contributed by atoms with van der Waals surface area (Å²) in [4.78, 5) is 0. The Morgan fingerprint density at radius 3 is 2.48 bits per heavy atom. The predicted molar refractivity (Wildman–Crippen MR) is 93.4 cm³/mol. The fraction of sp³-hybridized carbons (Fsp3) is 0.250. The topological polar surface area (TPSA) is 12.0 Å². The minimum Gasteiger partial charge on any atom is -0.310 e. The molecule has 0 saturated carbocycles. The van der Waals surface area contributed by atoms with Crippen molar-refractivity contribution in [1.82, 2.24) is 5.32 Å². The number of hydrogen-bond acceptors (Lipinski definition) is 1. The number of benzene rings is 2. The average Bonchev–Trinajstić information content (AvgIpc) is 2.44. The highest BCUT2D eigenvalue weighted by molar-refractivity contribution is 9.10.